The molecule has 0 aliphatic heterocycles. The molecule has 0 heterocycles. The molecule has 32 heavy (non-hydrogen) atoms. The lowest BCUT2D eigenvalue weighted by Crippen LogP contribution is -2.16. The minimum Gasteiger partial charge on any atom is -0.478 e. The third-order valence-electron chi connectivity index (χ3n) is 4.94. The van der Waals surface area contributed by atoms with Gasteiger partial charge in [0.15, 0.2) is 0 Å². The van der Waals surface area contributed by atoms with E-state index in [-0.39, 0.29) is 16.2 Å². The monoisotopic (exact) mass is 447 g/mol. The van der Waals surface area contributed by atoms with Gasteiger partial charge in [0, 0.05) is 0 Å². The van der Waals surface area contributed by atoms with Gasteiger partial charge < -0.3 is 5.11 Å². The molecule has 0 atom stereocenters. The third kappa shape index (κ3) is 5.53. The molecule has 5 nitrogen and oxygen atoms in total. The Labute approximate surface area is 188 Å². The largest absolute Gasteiger partial charge is 0.478 e. The number of aryl methyl sites for hydroxylation is 1. The van der Waals surface area contributed by atoms with Crippen LogP contribution < -0.4 is 4.72 Å². The van der Waals surface area contributed by atoms with E-state index in [2.05, 4.69) is 18.2 Å². The predicted octanol–water partition coefficient (Wildman–Crippen LogP) is 5.97. The molecule has 2 N–H and O–H groups in total. The number of carboxylic acid groups (broad SMARTS) is 1. The molecule has 0 aliphatic rings. The summed E-state index contributed by atoms with van der Waals surface area (Å²) in [4.78, 5) is 11.8. The quantitative estimate of drug-likeness (QED) is 0.396. The standard InChI is InChI=1S/C26H25NO4S/c1-3-8-19-11-13-21(14-12-19)22-15-16-25(24(18-22)26(28)29)27-32(30,31)23(4-2)17-20-9-6-5-7-10-20/h4-7,9-18,27H,2-3,8H2,1H3,(H,28,29)/b23-17+. The first-order chi connectivity index (χ1) is 15.3. The van der Waals surface area contributed by atoms with Crippen LogP contribution in [0.3, 0.4) is 0 Å². The van der Waals surface area contributed by atoms with Gasteiger partial charge in [-0.3, -0.25) is 4.72 Å². The second kappa shape index (κ2) is 10.1. The van der Waals surface area contributed by atoms with Crippen LogP contribution in [0.4, 0.5) is 5.69 Å². The summed E-state index contributed by atoms with van der Waals surface area (Å²) in [5, 5.41) is 9.71. The molecule has 0 fully saturated rings. The maximum absolute atomic E-state index is 12.9. The molecule has 0 amide bonds. The predicted molar refractivity (Wildman–Crippen MR) is 130 cm³/mol. The normalized spacial score (nSPS) is 11.7. The fourth-order valence-corrected chi connectivity index (χ4v) is 4.40. The highest BCUT2D eigenvalue weighted by Gasteiger charge is 2.20. The first kappa shape index (κ1) is 23.0. The van der Waals surface area contributed by atoms with Crippen LogP contribution in [0.1, 0.15) is 34.8 Å². The molecular weight excluding hydrogens is 422 g/mol. The fourth-order valence-electron chi connectivity index (χ4n) is 3.31. The van der Waals surface area contributed by atoms with Crippen LogP contribution in [0.5, 0.6) is 0 Å². The molecule has 6 heteroatoms. The van der Waals surface area contributed by atoms with Crippen molar-refractivity contribution in [1.82, 2.24) is 0 Å². The minimum absolute atomic E-state index is 0.00957. The molecule has 3 rings (SSSR count). The van der Waals surface area contributed by atoms with Crippen molar-refractivity contribution in [3.05, 3.63) is 107 Å². The molecule has 3 aromatic rings. The van der Waals surface area contributed by atoms with Gasteiger partial charge in [0.05, 0.1) is 16.2 Å². The van der Waals surface area contributed by atoms with Crippen LogP contribution in [0, 0.1) is 0 Å². The Morgan fingerprint density at radius 1 is 1.00 bits per heavy atom. The van der Waals surface area contributed by atoms with Gasteiger partial charge in [-0.2, -0.15) is 0 Å². The number of hydrogen-bond donors (Lipinski definition) is 2. The van der Waals surface area contributed by atoms with Crippen molar-refractivity contribution in [2.75, 3.05) is 4.72 Å². The topological polar surface area (TPSA) is 83.5 Å². The van der Waals surface area contributed by atoms with E-state index in [4.69, 9.17) is 0 Å². The van der Waals surface area contributed by atoms with Crippen molar-refractivity contribution in [2.24, 2.45) is 0 Å². The first-order valence-corrected chi connectivity index (χ1v) is 11.7. The summed E-state index contributed by atoms with van der Waals surface area (Å²) >= 11 is 0. The van der Waals surface area contributed by atoms with Crippen LogP contribution in [-0.2, 0) is 16.4 Å². The van der Waals surface area contributed by atoms with Crippen molar-refractivity contribution in [3.63, 3.8) is 0 Å². The van der Waals surface area contributed by atoms with E-state index in [1.807, 2.05) is 30.3 Å². The van der Waals surface area contributed by atoms with Crippen molar-refractivity contribution < 1.29 is 18.3 Å². The Morgan fingerprint density at radius 3 is 2.25 bits per heavy atom. The highest BCUT2D eigenvalue weighted by Crippen LogP contribution is 2.28. The van der Waals surface area contributed by atoms with Crippen LogP contribution >= 0.6 is 0 Å². The van der Waals surface area contributed by atoms with Gasteiger partial charge in [-0.25, -0.2) is 13.2 Å². The molecule has 0 unspecified atom stereocenters. The van der Waals surface area contributed by atoms with Crippen molar-refractivity contribution in [3.8, 4) is 11.1 Å². The summed E-state index contributed by atoms with van der Waals surface area (Å²) in [5.41, 5.74) is 3.31. The first-order valence-electron chi connectivity index (χ1n) is 10.2. The Balaban J connectivity index is 1.94. The molecule has 164 valence electrons. The molecule has 0 saturated carbocycles. The molecular formula is C26H25NO4S. The van der Waals surface area contributed by atoms with Crippen molar-refractivity contribution >= 4 is 27.8 Å². The summed E-state index contributed by atoms with van der Waals surface area (Å²) in [6.07, 6.45) is 4.72. The Morgan fingerprint density at radius 2 is 1.66 bits per heavy atom. The van der Waals surface area contributed by atoms with Crippen molar-refractivity contribution in [1.29, 1.82) is 0 Å². The van der Waals surface area contributed by atoms with E-state index in [9.17, 15) is 18.3 Å². The summed E-state index contributed by atoms with van der Waals surface area (Å²) in [6, 6.07) is 21.5. The number of hydrogen-bond acceptors (Lipinski definition) is 3. The van der Waals surface area contributed by atoms with E-state index in [1.54, 1.807) is 30.3 Å². The Kier molecular flexibility index (Phi) is 7.28. The Hall–Kier alpha value is -3.64. The van der Waals surface area contributed by atoms with Crippen LogP contribution in [0.2, 0.25) is 0 Å². The summed E-state index contributed by atoms with van der Waals surface area (Å²) < 4.78 is 28.2. The molecule has 0 aliphatic carbocycles. The average molecular weight is 448 g/mol. The number of rotatable bonds is 9. The molecule has 0 saturated heterocycles. The van der Waals surface area contributed by atoms with Gasteiger partial charge in [-0.15, -0.1) is 0 Å². The zero-order valence-corrected chi connectivity index (χ0v) is 18.6. The van der Waals surface area contributed by atoms with E-state index in [1.165, 1.54) is 29.8 Å². The number of allylic oxidation sites excluding steroid dienone is 1. The Bertz CT molecular complexity index is 1240. The number of carbonyl (C=O) groups is 1. The van der Waals surface area contributed by atoms with Crippen molar-refractivity contribution in [2.45, 2.75) is 19.8 Å². The lowest BCUT2D eigenvalue weighted by Gasteiger charge is -2.13. The van der Waals surface area contributed by atoms with E-state index in [0.717, 1.165) is 18.4 Å². The zero-order chi connectivity index (χ0) is 23.1. The van der Waals surface area contributed by atoms with Gasteiger partial charge in [0.1, 0.15) is 0 Å². The summed E-state index contributed by atoms with van der Waals surface area (Å²) in [7, 11) is -4.04. The number of benzene rings is 3. The summed E-state index contributed by atoms with van der Waals surface area (Å²) in [5.74, 6) is -1.22. The fraction of sp³-hybridized carbons (Fsp3) is 0.115. The van der Waals surface area contributed by atoms with E-state index in [0.29, 0.717) is 11.1 Å². The van der Waals surface area contributed by atoms with Gasteiger partial charge in [-0.1, -0.05) is 80.6 Å². The minimum atomic E-state index is -4.04. The lowest BCUT2D eigenvalue weighted by atomic mass is 10.00. The zero-order valence-electron chi connectivity index (χ0n) is 17.8. The smallest absolute Gasteiger partial charge is 0.337 e. The van der Waals surface area contributed by atoms with E-state index >= 15 is 0 Å². The number of nitrogens with one attached hydrogen (secondary N) is 1. The number of anilines is 1. The number of sulfonamides is 1. The maximum Gasteiger partial charge on any atom is 0.337 e. The SMILES string of the molecule is C=C/C(=C\c1ccccc1)S(=O)(=O)Nc1ccc(-c2ccc(CCC)cc2)cc1C(=O)O. The molecule has 0 spiro atoms. The van der Waals surface area contributed by atoms with Crippen LogP contribution in [-0.4, -0.2) is 19.5 Å². The highest BCUT2D eigenvalue weighted by atomic mass is 32.2. The number of aromatic carboxylic acids is 1. The van der Waals surface area contributed by atoms with Gasteiger partial charge in [0.2, 0.25) is 0 Å². The third-order valence-corrected chi connectivity index (χ3v) is 6.33. The second-order valence-corrected chi connectivity index (χ2v) is 8.96. The van der Waals surface area contributed by atoms with Crippen LogP contribution in [0.15, 0.2) is 90.4 Å². The van der Waals surface area contributed by atoms with E-state index < -0.39 is 16.0 Å². The average Bonchev–Trinajstić information content (AvgIpc) is 2.78. The molecule has 0 bridgehead atoms. The van der Waals surface area contributed by atoms with Gasteiger partial charge in [0.25, 0.3) is 10.0 Å². The molecule has 3 aromatic carbocycles. The van der Waals surface area contributed by atoms with Gasteiger partial charge >= 0.3 is 5.97 Å². The maximum atomic E-state index is 12.9. The lowest BCUT2D eigenvalue weighted by molar-refractivity contribution is 0.0698. The van der Waals surface area contributed by atoms with Crippen LogP contribution in [0.25, 0.3) is 17.2 Å². The van der Waals surface area contributed by atoms with Gasteiger partial charge in [-0.05, 0) is 53.0 Å². The highest BCUT2D eigenvalue weighted by molar-refractivity contribution is 7.96. The molecule has 0 radical (unpaired) electrons. The summed E-state index contributed by atoms with van der Waals surface area (Å²) in [6.45, 7) is 5.70. The number of carboxylic acids is 1. The second-order valence-electron chi connectivity index (χ2n) is 7.28. The molecule has 0 aromatic heterocycles.